The van der Waals surface area contributed by atoms with E-state index >= 15 is 0 Å². The maximum absolute atomic E-state index is 8.32. The van der Waals surface area contributed by atoms with Crippen LogP contribution in [0.4, 0.5) is 0 Å². The van der Waals surface area contributed by atoms with Gasteiger partial charge in [-0.1, -0.05) is 0 Å². The quantitative estimate of drug-likeness (QED) is 0.424. The van der Waals surface area contributed by atoms with Gasteiger partial charge in [0.15, 0.2) is 6.29 Å². The van der Waals surface area contributed by atoms with E-state index in [1.807, 2.05) is 0 Å². The smallest absolute Gasteiger partial charge is 0.166 e. The van der Waals surface area contributed by atoms with Crippen LogP contribution in [0.25, 0.3) is 0 Å². The lowest BCUT2D eigenvalue weighted by Gasteiger charge is -2.00. The third-order valence-corrected chi connectivity index (χ3v) is 0.474. The van der Waals surface area contributed by atoms with Crippen molar-refractivity contribution < 1.29 is 9.84 Å². The van der Waals surface area contributed by atoms with E-state index in [1.165, 1.54) is 7.11 Å². The first-order chi connectivity index (χ1) is 2.81. The number of nitrogens with two attached hydrogens (primary N) is 1. The summed E-state index contributed by atoms with van der Waals surface area (Å²) in [5.74, 6) is 0. The van der Waals surface area contributed by atoms with Gasteiger partial charge in [0.1, 0.15) is 0 Å². The van der Waals surface area contributed by atoms with Crippen LogP contribution < -0.4 is 5.73 Å². The molecule has 3 N–H and O–H groups in total. The zero-order valence-corrected chi connectivity index (χ0v) is 3.72. The van der Waals surface area contributed by atoms with Gasteiger partial charge in [-0.15, -0.1) is 0 Å². The minimum absolute atomic E-state index is 0.163. The first kappa shape index (κ1) is 5.88. The third kappa shape index (κ3) is 2.14. The second kappa shape index (κ2) is 3.08. The summed E-state index contributed by atoms with van der Waals surface area (Å²) in [5.41, 5.74) is 4.91. The number of hydrogen-bond acceptors (Lipinski definition) is 3. The molecule has 0 aromatic carbocycles. The predicted octanol–water partition coefficient (Wildman–Crippen LogP) is -1.09. The highest BCUT2D eigenvalue weighted by atomic mass is 16.6. The van der Waals surface area contributed by atoms with E-state index < -0.39 is 6.29 Å². The fourth-order valence-corrected chi connectivity index (χ4v) is 0.0962. The van der Waals surface area contributed by atoms with Gasteiger partial charge in [0, 0.05) is 13.7 Å². The molecule has 38 valence electrons. The second-order valence-corrected chi connectivity index (χ2v) is 0.926. The van der Waals surface area contributed by atoms with Gasteiger partial charge in [0.05, 0.1) is 0 Å². The van der Waals surface area contributed by atoms with Crippen LogP contribution in [0.15, 0.2) is 0 Å². The Morgan fingerprint density at radius 2 is 2.50 bits per heavy atom. The van der Waals surface area contributed by atoms with Crippen LogP contribution in [0, 0.1) is 0 Å². The molecule has 0 amide bonds. The maximum Gasteiger partial charge on any atom is 0.166 e. The van der Waals surface area contributed by atoms with Crippen molar-refractivity contribution in [3.8, 4) is 0 Å². The SMILES string of the molecule is COC(O)CN. The molecule has 0 radical (unpaired) electrons. The molecule has 0 spiro atoms. The van der Waals surface area contributed by atoms with Gasteiger partial charge in [-0.05, 0) is 0 Å². The molecule has 0 saturated carbocycles. The fourth-order valence-electron chi connectivity index (χ4n) is 0.0962. The molecular formula is C3H9NO2. The first-order valence-electron chi connectivity index (χ1n) is 1.72. The summed E-state index contributed by atoms with van der Waals surface area (Å²) in [6.07, 6.45) is -0.787. The number of hydrogen-bond donors (Lipinski definition) is 2. The normalized spacial score (nSPS) is 14.5. The van der Waals surface area contributed by atoms with Gasteiger partial charge in [-0.25, -0.2) is 0 Å². The lowest BCUT2D eigenvalue weighted by atomic mass is 10.7. The average Bonchev–Trinajstić information content (AvgIpc) is 1.65. The van der Waals surface area contributed by atoms with Crippen molar-refractivity contribution in [2.75, 3.05) is 13.7 Å². The Balaban J connectivity index is 2.75. The van der Waals surface area contributed by atoms with Crippen LogP contribution in [0.1, 0.15) is 0 Å². The van der Waals surface area contributed by atoms with Gasteiger partial charge >= 0.3 is 0 Å². The number of rotatable bonds is 2. The van der Waals surface area contributed by atoms with E-state index in [2.05, 4.69) is 4.74 Å². The molecule has 0 heterocycles. The Kier molecular flexibility index (Phi) is 3.02. The molecule has 3 heteroatoms. The van der Waals surface area contributed by atoms with Crippen molar-refractivity contribution in [2.45, 2.75) is 6.29 Å². The van der Waals surface area contributed by atoms with Crippen molar-refractivity contribution in [2.24, 2.45) is 5.73 Å². The summed E-state index contributed by atoms with van der Waals surface area (Å²) in [6.45, 7) is 0.163. The third-order valence-electron chi connectivity index (χ3n) is 0.474. The monoisotopic (exact) mass is 91.1 g/mol. The lowest BCUT2D eigenvalue weighted by Crippen LogP contribution is -2.20. The molecule has 0 saturated heterocycles. The number of aliphatic hydroxyl groups excluding tert-OH is 1. The fraction of sp³-hybridized carbons (Fsp3) is 1.00. The van der Waals surface area contributed by atoms with E-state index in [4.69, 9.17) is 10.8 Å². The zero-order chi connectivity index (χ0) is 4.99. The summed E-state index contributed by atoms with van der Waals surface area (Å²) in [6, 6.07) is 0. The average molecular weight is 91.1 g/mol. The van der Waals surface area contributed by atoms with Crippen molar-refractivity contribution in [3.63, 3.8) is 0 Å². The summed E-state index contributed by atoms with van der Waals surface area (Å²) < 4.78 is 4.33. The van der Waals surface area contributed by atoms with Gasteiger partial charge in [0.2, 0.25) is 0 Å². The topological polar surface area (TPSA) is 55.5 Å². The minimum Gasteiger partial charge on any atom is -0.367 e. The van der Waals surface area contributed by atoms with E-state index in [0.717, 1.165) is 0 Å². The van der Waals surface area contributed by atoms with Crippen molar-refractivity contribution in [3.05, 3.63) is 0 Å². The molecule has 0 aromatic heterocycles. The Morgan fingerprint density at radius 3 is 2.50 bits per heavy atom. The van der Waals surface area contributed by atoms with Crippen LogP contribution in [0.3, 0.4) is 0 Å². The molecular weight excluding hydrogens is 82.0 g/mol. The molecule has 0 bridgehead atoms. The lowest BCUT2D eigenvalue weighted by molar-refractivity contribution is -0.0653. The largest absolute Gasteiger partial charge is 0.367 e. The Morgan fingerprint density at radius 1 is 2.00 bits per heavy atom. The van der Waals surface area contributed by atoms with Gasteiger partial charge in [0.25, 0.3) is 0 Å². The first-order valence-corrected chi connectivity index (χ1v) is 1.72. The Hall–Kier alpha value is -0.120. The molecule has 3 nitrogen and oxygen atoms in total. The molecule has 1 atom stereocenters. The molecule has 6 heavy (non-hydrogen) atoms. The summed E-state index contributed by atoms with van der Waals surface area (Å²) in [4.78, 5) is 0. The number of methoxy groups -OCH3 is 1. The summed E-state index contributed by atoms with van der Waals surface area (Å²) in [7, 11) is 1.40. The number of ether oxygens (including phenoxy) is 1. The highest BCUT2D eigenvalue weighted by molar-refractivity contribution is 4.32. The Bertz CT molecular complexity index is 28.0. The van der Waals surface area contributed by atoms with Crippen LogP contribution in [0.5, 0.6) is 0 Å². The molecule has 0 aliphatic heterocycles. The van der Waals surface area contributed by atoms with Gasteiger partial charge < -0.3 is 15.6 Å². The predicted molar refractivity (Wildman–Crippen MR) is 22.1 cm³/mol. The van der Waals surface area contributed by atoms with Crippen molar-refractivity contribution in [1.29, 1.82) is 0 Å². The summed E-state index contributed by atoms with van der Waals surface area (Å²) >= 11 is 0. The van der Waals surface area contributed by atoms with Crippen molar-refractivity contribution in [1.82, 2.24) is 0 Å². The van der Waals surface area contributed by atoms with Crippen LogP contribution in [-0.2, 0) is 4.74 Å². The van der Waals surface area contributed by atoms with E-state index in [-0.39, 0.29) is 6.54 Å². The molecule has 0 aliphatic rings. The van der Waals surface area contributed by atoms with E-state index in [9.17, 15) is 0 Å². The molecule has 0 aromatic rings. The summed E-state index contributed by atoms with van der Waals surface area (Å²) in [5, 5.41) is 8.32. The zero-order valence-electron chi connectivity index (χ0n) is 3.72. The number of aliphatic hydroxyl groups is 1. The molecule has 0 fully saturated rings. The van der Waals surface area contributed by atoms with Crippen molar-refractivity contribution >= 4 is 0 Å². The van der Waals surface area contributed by atoms with Crippen LogP contribution in [-0.4, -0.2) is 25.1 Å². The molecule has 0 aliphatic carbocycles. The Labute approximate surface area is 36.7 Å². The maximum atomic E-state index is 8.32. The van der Waals surface area contributed by atoms with Gasteiger partial charge in [-0.3, -0.25) is 0 Å². The van der Waals surface area contributed by atoms with E-state index in [1.54, 1.807) is 0 Å². The van der Waals surface area contributed by atoms with E-state index in [0.29, 0.717) is 0 Å². The molecule has 1 unspecified atom stereocenters. The molecule has 0 rings (SSSR count). The highest BCUT2D eigenvalue weighted by Gasteiger charge is 1.90. The minimum atomic E-state index is -0.787. The second-order valence-electron chi connectivity index (χ2n) is 0.926. The standard InChI is InChI=1S/C3H9NO2/c1-6-3(5)2-4/h3,5H,2,4H2,1H3. The van der Waals surface area contributed by atoms with Crippen LogP contribution >= 0.6 is 0 Å². The van der Waals surface area contributed by atoms with Gasteiger partial charge in [-0.2, -0.15) is 0 Å². The van der Waals surface area contributed by atoms with Crippen LogP contribution in [0.2, 0.25) is 0 Å². The highest BCUT2D eigenvalue weighted by Crippen LogP contribution is 1.72.